The van der Waals surface area contributed by atoms with Crippen LogP contribution in [0, 0.1) is 5.82 Å². The fourth-order valence-electron chi connectivity index (χ4n) is 5.74. The Morgan fingerprint density at radius 1 is 1.06 bits per heavy atom. The third kappa shape index (κ3) is 2.94. The number of aromatic nitrogens is 2. The fraction of sp³-hybridized carbons (Fsp3) is 0.360. The molecule has 2 aliphatic rings. The smallest absolute Gasteiger partial charge is 0.127 e. The molecule has 3 N–H and O–H groups in total. The van der Waals surface area contributed by atoms with Crippen molar-refractivity contribution in [2.24, 2.45) is 0 Å². The molecule has 0 aliphatic heterocycles. The number of hydrogen-bond acceptors (Lipinski definition) is 2. The van der Waals surface area contributed by atoms with Crippen molar-refractivity contribution >= 4 is 33.4 Å². The van der Waals surface area contributed by atoms with Gasteiger partial charge in [0.2, 0.25) is 0 Å². The number of nitrogens with zero attached hydrogens (tertiary/aromatic N) is 1. The molecule has 6 heteroatoms. The summed E-state index contributed by atoms with van der Waals surface area (Å²) in [5.74, 6) is -0.105. The average Bonchev–Trinajstić information content (AvgIpc) is 3.38. The van der Waals surface area contributed by atoms with Crippen LogP contribution in [-0.4, -0.2) is 41.0 Å². The van der Waals surface area contributed by atoms with Crippen LogP contribution in [0.5, 0.6) is 0 Å². The minimum Gasteiger partial charge on any atom is -0.361 e. The predicted octanol–water partition coefficient (Wildman–Crippen LogP) is 4.73. The van der Waals surface area contributed by atoms with Gasteiger partial charge in [-0.15, -0.1) is 0 Å². The van der Waals surface area contributed by atoms with Crippen LogP contribution >= 0.6 is 11.6 Å². The summed E-state index contributed by atoms with van der Waals surface area (Å²) in [5, 5.41) is 6.63. The van der Waals surface area contributed by atoms with Gasteiger partial charge in [-0.25, -0.2) is 4.39 Å². The van der Waals surface area contributed by atoms with Crippen LogP contribution < -0.4 is 5.32 Å². The van der Waals surface area contributed by atoms with E-state index in [9.17, 15) is 4.39 Å². The van der Waals surface area contributed by atoms with E-state index in [-0.39, 0.29) is 11.9 Å². The lowest BCUT2D eigenvalue weighted by atomic mass is 9.87. The van der Waals surface area contributed by atoms with Crippen molar-refractivity contribution in [3.63, 3.8) is 0 Å². The van der Waals surface area contributed by atoms with Gasteiger partial charge in [0, 0.05) is 57.9 Å². The number of hydrogen-bond donors (Lipinski definition) is 3. The normalized spacial score (nSPS) is 20.3. The van der Waals surface area contributed by atoms with Gasteiger partial charge in [0.15, 0.2) is 0 Å². The third-order valence-corrected chi connectivity index (χ3v) is 7.76. The van der Waals surface area contributed by atoms with E-state index < -0.39 is 0 Å². The molecule has 0 amide bonds. The molecule has 0 spiro atoms. The van der Waals surface area contributed by atoms with Crippen LogP contribution in [0.25, 0.3) is 21.8 Å². The van der Waals surface area contributed by atoms with Gasteiger partial charge >= 0.3 is 0 Å². The number of nitrogens with one attached hydrogen (secondary N) is 3. The van der Waals surface area contributed by atoms with E-state index in [0.29, 0.717) is 12.5 Å². The first-order valence-electron chi connectivity index (χ1n) is 11.0. The van der Waals surface area contributed by atoms with Crippen molar-refractivity contribution in [1.29, 1.82) is 0 Å². The summed E-state index contributed by atoms with van der Waals surface area (Å²) in [6, 6.07) is 6.25. The zero-order valence-corrected chi connectivity index (χ0v) is 18.5. The molecule has 31 heavy (non-hydrogen) atoms. The maximum absolute atomic E-state index is 14.6. The predicted molar refractivity (Wildman–Crippen MR) is 124 cm³/mol. The highest BCUT2D eigenvalue weighted by atomic mass is 35.5. The Hall–Kier alpha value is -2.34. The molecule has 4 aromatic rings. The topological polar surface area (TPSA) is 46.9 Å². The van der Waals surface area contributed by atoms with Crippen molar-refractivity contribution in [3.8, 4) is 0 Å². The Labute approximate surface area is 185 Å². The quantitative estimate of drug-likeness (QED) is 0.433. The van der Waals surface area contributed by atoms with Gasteiger partial charge in [-0.3, -0.25) is 4.90 Å². The maximum Gasteiger partial charge on any atom is 0.127 e. The Bertz CT molecular complexity index is 1320. The van der Waals surface area contributed by atoms with Crippen LogP contribution in [0.1, 0.15) is 27.8 Å². The van der Waals surface area contributed by atoms with E-state index >= 15 is 0 Å². The van der Waals surface area contributed by atoms with E-state index in [2.05, 4.69) is 39.5 Å². The zero-order valence-electron chi connectivity index (χ0n) is 17.8. The summed E-state index contributed by atoms with van der Waals surface area (Å²) in [6.07, 6.45) is 7.82. The van der Waals surface area contributed by atoms with E-state index in [1.54, 1.807) is 6.07 Å². The lowest BCUT2D eigenvalue weighted by Gasteiger charge is -2.32. The number of H-pyrrole nitrogens is 2. The van der Waals surface area contributed by atoms with Gasteiger partial charge < -0.3 is 15.3 Å². The Morgan fingerprint density at radius 2 is 1.84 bits per heavy atom. The molecule has 6 rings (SSSR count). The Balaban J connectivity index is 1.33. The summed E-state index contributed by atoms with van der Waals surface area (Å²) in [4.78, 5) is 9.15. The molecule has 4 nitrogen and oxygen atoms in total. The SMILES string of the molecule is CNC1Cc2c[nH]c3c(CN(C)C4Cc5c[nH]c6ccc(F)c(c56)C4)c(Cl)cc(c23)C1. The Morgan fingerprint density at radius 3 is 2.68 bits per heavy atom. The van der Waals surface area contributed by atoms with E-state index in [1.165, 1.54) is 22.1 Å². The van der Waals surface area contributed by atoms with Crippen LogP contribution in [0.3, 0.4) is 0 Å². The van der Waals surface area contributed by atoms with Crippen LogP contribution in [0.2, 0.25) is 5.02 Å². The molecule has 2 aromatic heterocycles. The van der Waals surface area contributed by atoms with E-state index in [1.807, 2.05) is 19.3 Å². The standard InChI is InChI=1S/C25H26ClFN4/c1-28-16-5-13-8-20(26)19(25-23(13)14(6-16)11-30-25)12-31(2)17-7-15-10-29-22-4-3-21(27)18(9-17)24(15)22/h3-4,8,10-11,16-17,28-30H,5-7,9,12H2,1-2H3. The number of rotatable bonds is 4. The minimum absolute atomic E-state index is 0.105. The lowest BCUT2D eigenvalue weighted by molar-refractivity contribution is 0.228. The molecule has 2 atom stereocenters. The van der Waals surface area contributed by atoms with Crippen molar-refractivity contribution in [2.75, 3.05) is 14.1 Å². The monoisotopic (exact) mass is 436 g/mol. The Kier molecular flexibility index (Phi) is 4.43. The van der Waals surface area contributed by atoms with Gasteiger partial charge in [0.05, 0.1) is 5.52 Å². The molecule has 0 radical (unpaired) electrons. The number of halogens is 2. The molecule has 2 unspecified atom stereocenters. The summed E-state index contributed by atoms with van der Waals surface area (Å²) < 4.78 is 14.6. The fourth-order valence-corrected chi connectivity index (χ4v) is 6.03. The number of likely N-dealkylation sites (N-methyl/N-ethyl adjacent to an activating group) is 2. The summed E-state index contributed by atoms with van der Waals surface area (Å²) in [5.41, 5.74) is 8.03. The molecule has 2 aromatic carbocycles. The second-order valence-corrected chi connectivity index (χ2v) is 9.60. The third-order valence-electron chi connectivity index (χ3n) is 7.42. The highest BCUT2D eigenvalue weighted by Gasteiger charge is 2.29. The van der Waals surface area contributed by atoms with Crippen molar-refractivity contribution in [3.05, 3.63) is 69.2 Å². The van der Waals surface area contributed by atoms with E-state index in [4.69, 9.17) is 11.6 Å². The highest BCUT2D eigenvalue weighted by molar-refractivity contribution is 6.32. The molecule has 0 fully saturated rings. The van der Waals surface area contributed by atoms with Crippen molar-refractivity contribution in [1.82, 2.24) is 20.2 Å². The first-order chi connectivity index (χ1) is 15.0. The van der Waals surface area contributed by atoms with E-state index in [0.717, 1.165) is 58.4 Å². The number of aromatic amines is 2. The molecule has 2 heterocycles. The van der Waals surface area contributed by atoms with Gasteiger partial charge in [0.25, 0.3) is 0 Å². The molecular weight excluding hydrogens is 411 g/mol. The maximum atomic E-state index is 14.6. The summed E-state index contributed by atoms with van der Waals surface area (Å²) in [6.45, 7) is 0.729. The second-order valence-electron chi connectivity index (χ2n) is 9.19. The number of benzene rings is 2. The molecule has 2 aliphatic carbocycles. The average molecular weight is 437 g/mol. The molecule has 0 saturated heterocycles. The van der Waals surface area contributed by atoms with Gasteiger partial charge in [-0.1, -0.05) is 11.6 Å². The van der Waals surface area contributed by atoms with Crippen LogP contribution in [-0.2, 0) is 32.2 Å². The van der Waals surface area contributed by atoms with Crippen LogP contribution in [0.15, 0.2) is 30.6 Å². The van der Waals surface area contributed by atoms with Gasteiger partial charge in [-0.05, 0) is 80.2 Å². The molecular formula is C25H26ClFN4. The zero-order chi connectivity index (χ0) is 21.3. The molecule has 0 bridgehead atoms. The molecule has 160 valence electrons. The summed E-state index contributed by atoms with van der Waals surface area (Å²) in [7, 11) is 4.15. The van der Waals surface area contributed by atoms with Crippen molar-refractivity contribution < 1.29 is 4.39 Å². The second kappa shape index (κ2) is 7.09. The van der Waals surface area contributed by atoms with Crippen LogP contribution in [0.4, 0.5) is 4.39 Å². The first-order valence-corrected chi connectivity index (χ1v) is 11.4. The lowest BCUT2D eigenvalue weighted by Crippen LogP contribution is -2.37. The van der Waals surface area contributed by atoms with Gasteiger partial charge in [0.1, 0.15) is 5.82 Å². The largest absolute Gasteiger partial charge is 0.361 e. The highest BCUT2D eigenvalue weighted by Crippen LogP contribution is 2.38. The summed E-state index contributed by atoms with van der Waals surface area (Å²) >= 11 is 6.82. The minimum atomic E-state index is -0.105. The van der Waals surface area contributed by atoms with Gasteiger partial charge in [-0.2, -0.15) is 0 Å². The first kappa shape index (κ1) is 19.4. The molecule has 0 saturated carbocycles. The van der Waals surface area contributed by atoms with Crippen molar-refractivity contribution in [2.45, 2.75) is 44.3 Å².